The fraction of sp³-hybridized carbons (Fsp3) is 0.464. The molecule has 0 atom stereocenters. The molecule has 8 heteroatoms. The molecular formula is C28H33BrN4O3. The van der Waals surface area contributed by atoms with Crippen LogP contribution in [0.2, 0.25) is 0 Å². The zero-order valence-electron chi connectivity index (χ0n) is 22.0. The minimum absolute atomic E-state index is 0.0701. The van der Waals surface area contributed by atoms with Crippen LogP contribution < -0.4 is 9.80 Å². The summed E-state index contributed by atoms with van der Waals surface area (Å²) in [7, 11) is 0. The highest BCUT2D eigenvalue weighted by molar-refractivity contribution is 9.10. The van der Waals surface area contributed by atoms with Crippen LogP contribution in [0.3, 0.4) is 0 Å². The normalized spacial score (nSPS) is 18.6. The molecule has 0 aliphatic carbocycles. The van der Waals surface area contributed by atoms with Crippen LogP contribution in [0.5, 0.6) is 0 Å². The molecule has 0 bridgehead atoms. The summed E-state index contributed by atoms with van der Waals surface area (Å²) >= 11 is 3.46. The average Bonchev–Trinajstić information content (AvgIpc) is 2.96. The van der Waals surface area contributed by atoms with Crippen molar-refractivity contribution in [3.05, 3.63) is 52.0 Å². The Hall–Kier alpha value is -3.05. The van der Waals surface area contributed by atoms with Gasteiger partial charge in [-0.3, -0.25) is 14.6 Å². The predicted octanol–water partition coefficient (Wildman–Crippen LogP) is 6.11. The van der Waals surface area contributed by atoms with Crippen molar-refractivity contribution in [2.75, 3.05) is 29.4 Å². The van der Waals surface area contributed by atoms with Gasteiger partial charge in [-0.1, -0.05) is 12.1 Å². The summed E-state index contributed by atoms with van der Waals surface area (Å²) in [6, 6.07) is 13.8. The van der Waals surface area contributed by atoms with E-state index < -0.39 is 16.6 Å². The molecule has 36 heavy (non-hydrogen) atoms. The number of carbonyl (C=O) groups excluding carboxylic acids is 2. The van der Waals surface area contributed by atoms with Crippen LogP contribution in [-0.4, -0.2) is 47.7 Å². The lowest BCUT2D eigenvalue weighted by molar-refractivity contribution is -0.121. The molecular weight excluding hydrogens is 520 g/mol. The van der Waals surface area contributed by atoms with Gasteiger partial charge in [-0.15, -0.1) is 0 Å². The number of fused-ring (bicyclic) bond motifs is 1. The van der Waals surface area contributed by atoms with Gasteiger partial charge in [0.1, 0.15) is 11.7 Å². The first kappa shape index (κ1) is 26.0. The molecule has 2 heterocycles. The maximum absolute atomic E-state index is 13.6. The van der Waals surface area contributed by atoms with E-state index in [1.54, 1.807) is 15.9 Å². The highest BCUT2D eigenvalue weighted by atomic mass is 79.9. The van der Waals surface area contributed by atoms with Crippen LogP contribution in [0.15, 0.2) is 40.9 Å². The fourth-order valence-electron chi connectivity index (χ4n) is 5.01. The smallest absolute Gasteiger partial charge is 0.410 e. The van der Waals surface area contributed by atoms with E-state index >= 15 is 0 Å². The standard InChI is InChI=1S/C28H33BrN4O3/c1-26(2,3)36-25(35)32-14-13-31(17-27(32,4)5)18-11-12-20-23(15-18)33(24(34)28(20,6)7)22-10-8-9-21(29)19(22)16-30/h8-12,15H,13-14,17H2,1-7H3. The summed E-state index contributed by atoms with van der Waals surface area (Å²) in [5, 5.41) is 9.81. The van der Waals surface area contributed by atoms with Crippen molar-refractivity contribution in [1.29, 1.82) is 5.26 Å². The Balaban J connectivity index is 1.70. The fourth-order valence-corrected chi connectivity index (χ4v) is 5.46. The van der Waals surface area contributed by atoms with Crippen LogP contribution in [0.4, 0.5) is 21.9 Å². The number of amides is 2. The van der Waals surface area contributed by atoms with Crippen molar-refractivity contribution in [2.24, 2.45) is 0 Å². The number of nitriles is 1. The Morgan fingerprint density at radius 1 is 1.08 bits per heavy atom. The largest absolute Gasteiger partial charge is 0.444 e. The van der Waals surface area contributed by atoms with Crippen molar-refractivity contribution in [1.82, 2.24) is 4.90 Å². The number of hydrogen-bond donors (Lipinski definition) is 0. The lowest BCUT2D eigenvalue weighted by Crippen LogP contribution is -2.61. The van der Waals surface area contributed by atoms with E-state index in [1.807, 2.05) is 78.8 Å². The Labute approximate surface area is 221 Å². The zero-order valence-corrected chi connectivity index (χ0v) is 23.6. The number of ether oxygens (including phenoxy) is 1. The van der Waals surface area contributed by atoms with Crippen LogP contribution in [0.25, 0.3) is 0 Å². The number of benzene rings is 2. The first-order chi connectivity index (χ1) is 16.7. The molecule has 0 radical (unpaired) electrons. The van der Waals surface area contributed by atoms with Gasteiger partial charge in [0.2, 0.25) is 5.91 Å². The first-order valence-corrected chi connectivity index (χ1v) is 12.9. The third-order valence-electron chi connectivity index (χ3n) is 6.86. The molecule has 1 saturated heterocycles. The van der Waals surface area contributed by atoms with Gasteiger partial charge in [0.05, 0.1) is 27.9 Å². The number of carbonyl (C=O) groups is 2. The van der Waals surface area contributed by atoms with Crippen molar-refractivity contribution in [2.45, 2.75) is 65.0 Å². The lowest BCUT2D eigenvalue weighted by Gasteiger charge is -2.47. The SMILES string of the molecule is CC(C)(C)OC(=O)N1CCN(c2ccc3c(c2)N(c2cccc(Br)c2C#N)C(=O)C3(C)C)CC1(C)C. The number of anilines is 3. The van der Waals surface area contributed by atoms with Gasteiger partial charge in [0.15, 0.2) is 0 Å². The Morgan fingerprint density at radius 2 is 1.78 bits per heavy atom. The van der Waals surface area contributed by atoms with E-state index in [-0.39, 0.29) is 12.0 Å². The maximum Gasteiger partial charge on any atom is 0.410 e. The van der Waals surface area contributed by atoms with E-state index in [2.05, 4.69) is 26.9 Å². The minimum Gasteiger partial charge on any atom is -0.444 e. The van der Waals surface area contributed by atoms with Crippen LogP contribution in [-0.2, 0) is 14.9 Å². The summed E-state index contributed by atoms with van der Waals surface area (Å²) in [5.74, 6) is -0.0701. The predicted molar refractivity (Wildman–Crippen MR) is 145 cm³/mol. The number of halogens is 1. The van der Waals surface area contributed by atoms with Crippen molar-refractivity contribution in [3.63, 3.8) is 0 Å². The highest BCUT2D eigenvalue weighted by Crippen LogP contribution is 2.48. The molecule has 7 nitrogen and oxygen atoms in total. The second-order valence-corrected chi connectivity index (χ2v) is 12.4. The van der Waals surface area contributed by atoms with Crippen molar-refractivity contribution in [3.8, 4) is 6.07 Å². The maximum atomic E-state index is 13.6. The van der Waals surface area contributed by atoms with Gasteiger partial charge in [-0.05, 0) is 94.2 Å². The van der Waals surface area contributed by atoms with Crippen molar-refractivity contribution < 1.29 is 14.3 Å². The number of nitrogens with zero attached hydrogens (tertiary/aromatic N) is 4. The van der Waals surface area contributed by atoms with Crippen LogP contribution in [0, 0.1) is 11.3 Å². The van der Waals surface area contributed by atoms with Gasteiger partial charge < -0.3 is 9.64 Å². The molecule has 0 spiro atoms. The summed E-state index contributed by atoms with van der Waals surface area (Å²) in [6.45, 7) is 15.3. The van der Waals surface area contributed by atoms with Gasteiger partial charge in [0.25, 0.3) is 0 Å². The third kappa shape index (κ3) is 4.45. The van der Waals surface area contributed by atoms with Gasteiger partial charge >= 0.3 is 6.09 Å². The van der Waals surface area contributed by atoms with E-state index in [0.717, 1.165) is 16.9 Å². The second kappa shape index (κ2) is 8.81. The van der Waals surface area contributed by atoms with Gasteiger partial charge in [-0.2, -0.15) is 5.26 Å². The Kier molecular flexibility index (Phi) is 6.37. The molecule has 2 aliphatic heterocycles. The number of rotatable bonds is 2. The van der Waals surface area contributed by atoms with Crippen LogP contribution in [0.1, 0.15) is 59.6 Å². The summed E-state index contributed by atoms with van der Waals surface area (Å²) in [4.78, 5) is 32.1. The molecule has 2 aliphatic rings. The summed E-state index contributed by atoms with van der Waals surface area (Å²) in [6.07, 6.45) is -0.307. The van der Waals surface area contributed by atoms with E-state index in [4.69, 9.17) is 4.74 Å². The molecule has 190 valence electrons. The Bertz CT molecular complexity index is 1270. The molecule has 0 saturated carbocycles. The molecule has 2 aromatic carbocycles. The summed E-state index contributed by atoms with van der Waals surface area (Å²) in [5.41, 5.74) is 1.93. The van der Waals surface area contributed by atoms with E-state index in [0.29, 0.717) is 35.4 Å². The lowest BCUT2D eigenvalue weighted by atomic mass is 9.86. The quantitative estimate of drug-likeness (QED) is 0.449. The van der Waals surface area contributed by atoms with Crippen molar-refractivity contribution >= 4 is 45.0 Å². The highest BCUT2D eigenvalue weighted by Gasteiger charge is 2.46. The monoisotopic (exact) mass is 552 g/mol. The second-order valence-electron chi connectivity index (χ2n) is 11.6. The molecule has 1 fully saturated rings. The molecule has 0 aromatic heterocycles. The van der Waals surface area contributed by atoms with E-state index in [1.165, 1.54) is 0 Å². The first-order valence-electron chi connectivity index (χ1n) is 12.1. The van der Waals surface area contributed by atoms with Crippen LogP contribution >= 0.6 is 15.9 Å². The Morgan fingerprint density at radius 3 is 2.39 bits per heavy atom. The zero-order chi connectivity index (χ0) is 26.6. The van der Waals surface area contributed by atoms with E-state index in [9.17, 15) is 14.9 Å². The van der Waals surface area contributed by atoms with Gasteiger partial charge in [0, 0.05) is 29.8 Å². The molecule has 2 amide bonds. The minimum atomic E-state index is -0.725. The third-order valence-corrected chi connectivity index (χ3v) is 7.52. The number of hydrogen-bond acceptors (Lipinski definition) is 5. The topological polar surface area (TPSA) is 76.9 Å². The molecule has 2 aromatic rings. The van der Waals surface area contributed by atoms with Gasteiger partial charge in [-0.25, -0.2) is 4.79 Å². The average molecular weight is 554 g/mol. The molecule has 4 rings (SSSR count). The molecule has 0 unspecified atom stereocenters. The summed E-state index contributed by atoms with van der Waals surface area (Å²) < 4.78 is 6.29. The number of piperazine rings is 1. The molecule has 0 N–H and O–H groups in total.